The Morgan fingerprint density at radius 2 is 2.23 bits per heavy atom. The van der Waals surface area contributed by atoms with Crippen molar-refractivity contribution in [1.82, 2.24) is 14.6 Å². The van der Waals surface area contributed by atoms with Gasteiger partial charge in [0.1, 0.15) is 6.20 Å². The van der Waals surface area contributed by atoms with Gasteiger partial charge in [-0.3, -0.25) is 4.79 Å². The van der Waals surface area contributed by atoms with Crippen LogP contribution in [0.15, 0.2) is 18.3 Å². The van der Waals surface area contributed by atoms with E-state index in [1.54, 1.807) is 12.1 Å². The largest absolute Gasteiger partial charge is 0.369 e. The zero-order chi connectivity index (χ0) is 15.9. The molecular weight excluding hydrogens is 288 g/mol. The van der Waals surface area contributed by atoms with Gasteiger partial charge in [-0.05, 0) is 30.8 Å². The van der Waals surface area contributed by atoms with Crippen LogP contribution in [-0.2, 0) is 4.79 Å². The molecule has 0 radical (unpaired) electrons. The van der Waals surface area contributed by atoms with Crippen LogP contribution in [0.5, 0.6) is 0 Å². The minimum atomic E-state index is -0.525. The van der Waals surface area contributed by atoms with Gasteiger partial charge in [-0.15, -0.1) is 0 Å². The number of anilines is 1. The summed E-state index contributed by atoms with van der Waals surface area (Å²) < 4.78 is 1.20. The van der Waals surface area contributed by atoms with Crippen molar-refractivity contribution in [1.29, 1.82) is 0 Å². The monoisotopic (exact) mass is 304 g/mol. The molecule has 1 aliphatic rings. The topological polar surface area (TPSA) is 120 Å². The lowest BCUT2D eigenvalue weighted by Crippen LogP contribution is -2.46. The highest BCUT2D eigenvalue weighted by molar-refractivity contribution is 5.77. The Bertz CT molecular complexity index is 742. The van der Waals surface area contributed by atoms with Crippen molar-refractivity contribution < 1.29 is 9.72 Å². The molecule has 2 unspecified atom stereocenters. The van der Waals surface area contributed by atoms with Crippen LogP contribution in [0.3, 0.4) is 0 Å². The van der Waals surface area contributed by atoms with E-state index in [-0.39, 0.29) is 23.7 Å². The average Bonchev–Trinajstić information content (AvgIpc) is 2.90. The first-order valence-corrected chi connectivity index (χ1v) is 7.02. The molecule has 1 fully saturated rings. The molecule has 9 nitrogen and oxygen atoms in total. The molecule has 116 valence electrons. The van der Waals surface area contributed by atoms with Crippen molar-refractivity contribution in [3.8, 4) is 0 Å². The standard InChI is InChI=1S/C13H16N6O3/c1-8-2-3-9(13(14)20)7-17(8)11-5-4-10-15-6-12(19(21)22)18(10)16-11/h4-6,8-9H,2-3,7H2,1H3,(H2,14,20). The molecule has 1 saturated heterocycles. The number of hydrogen-bond donors (Lipinski definition) is 1. The third kappa shape index (κ3) is 2.34. The Hall–Kier alpha value is -2.71. The summed E-state index contributed by atoms with van der Waals surface area (Å²) in [4.78, 5) is 27.8. The maximum Gasteiger partial charge on any atom is 0.368 e. The number of hydrogen-bond acceptors (Lipinski definition) is 6. The predicted molar refractivity (Wildman–Crippen MR) is 78.4 cm³/mol. The second-order valence-electron chi connectivity index (χ2n) is 5.51. The van der Waals surface area contributed by atoms with E-state index in [4.69, 9.17) is 5.73 Å². The fraction of sp³-hybridized carbons (Fsp3) is 0.462. The summed E-state index contributed by atoms with van der Waals surface area (Å²) in [6, 6.07) is 3.62. The van der Waals surface area contributed by atoms with Gasteiger partial charge >= 0.3 is 5.82 Å². The smallest absolute Gasteiger partial charge is 0.368 e. The summed E-state index contributed by atoms with van der Waals surface area (Å²) in [6.07, 6.45) is 2.75. The zero-order valence-corrected chi connectivity index (χ0v) is 12.0. The molecule has 0 saturated carbocycles. The van der Waals surface area contributed by atoms with E-state index < -0.39 is 4.92 Å². The van der Waals surface area contributed by atoms with Crippen LogP contribution in [0.4, 0.5) is 11.6 Å². The van der Waals surface area contributed by atoms with Crippen molar-refractivity contribution in [3.63, 3.8) is 0 Å². The van der Waals surface area contributed by atoms with Crippen molar-refractivity contribution >= 4 is 23.2 Å². The van der Waals surface area contributed by atoms with Gasteiger partial charge in [-0.2, -0.15) is 0 Å². The molecule has 3 heterocycles. The lowest BCUT2D eigenvalue weighted by molar-refractivity contribution is -0.391. The molecule has 0 aliphatic carbocycles. The minimum absolute atomic E-state index is 0.183. The van der Waals surface area contributed by atoms with Crippen LogP contribution in [0, 0.1) is 16.0 Å². The number of primary amides is 1. The molecule has 9 heteroatoms. The average molecular weight is 304 g/mol. The zero-order valence-electron chi connectivity index (χ0n) is 12.0. The van der Waals surface area contributed by atoms with Crippen molar-refractivity contribution in [2.24, 2.45) is 11.7 Å². The number of nitrogens with zero attached hydrogens (tertiary/aromatic N) is 5. The van der Waals surface area contributed by atoms with Crippen LogP contribution in [0.2, 0.25) is 0 Å². The van der Waals surface area contributed by atoms with Crippen molar-refractivity contribution in [3.05, 3.63) is 28.4 Å². The summed E-state index contributed by atoms with van der Waals surface area (Å²) in [7, 11) is 0. The van der Waals surface area contributed by atoms with Gasteiger partial charge in [0, 0.05) is 18.7 Å². The number of carbonyl (C=O) groups is 1. The normalized spacial score (nSPS) is 22.0. The van der Waals surface area contributed by atoms with Gasteiger partial charge in [0.15, 0.2) is 5.82 Å². The number of carbonyl (C=O) groups excluding carboxylic acids is 1. The third-order valence-corrected chi connectivity index (χ3v) is 4.10. The number of nitrogens with two attached hydrogens (primary N) is 1. The Labute approximate surface area is 125 Å². The molecule has 22 heavy (non-hydrogen) atoms. The van der Waals surface area contributed by atoms with Gasteiger partial charge in [-0.1, -0.05) is 9.61 Å². The first kappa shape index (κ1) is 14.2. The number of nitro groups is 1. The molecule has 2 aromatic rings. The van der Waals surface area contributed by atoms with Crippen LogP contribution < -0.4 is 10.6 Å². The number of piperidine rings is 1. The van der Waals surface area contributed by atoms with E-state index in [0.29, 0.717) is 18.0 Å². The Morgan fingerprint density at radius 3 is 2.91 bits per heavy atom. The van der Waals surface area contributed by atoms with Crippen LogP contribution >= 0.6 is 0 Å². The van der Waals surface area contributed by atoms with E-state index in [2.05, 4.69) is 10.1 Å². The first-order chi connectivity index (χ1) is 10.5. The Morgan fingerprint density at radius 1 is 1.45 bits per heavy atom. The lowest BCUT2D eigenvalue weighted by Gasteiger charge is -2.37. The van der Waals surface area contributed by atoms with Crippen molar-refractivity contribution in [2.75, 3.05) is 11.4 Å². The van der Waals surface area contributed by atoms with Gasteiger partial charge in [0.05, 0.1) is 5.92 Å². The maximum atomic E-state index is 11.4. The van der Waals surface area contributed by atoms with Gasteiger partial charge in [0.25, 0.3) is 0 Å². The highest BCUT2D eigenvalue weighted by Crippen LogP contribution is 2.27. The third-order valence-electron chi connectivity index (χ3n) is 4.10. The van der Waals surface area contributed by atoms with E-state index in [1.165, 1.54) is 10.7 Å². The fourth-order valence-electron chi connectivity index (χ4n) is 2.79. The SMILES string of the molecule is CC1CCC(C(N)=O)CN1c1ccc2ncc([N+](=O)[O-])n2n1. The van der Waals surface area contributed by atoms with Crippen LogP contribution in [0.1, 0.15) is 19.8 Å². The lowest BCUT2D eigenvalue weighted by atomic mass is 9.93. The minimum Gasteiger partial charge on any atom is -0.369 e. The Kier molecular flexibility index (Phi) is 3.39. The van der Waals surface area contributed by atoms with Gasteiger partial charge in [-0.25, -0.2) is 4.98 Å². The quantitative estimate of drug-likeness (QED) is 0.659. The summed E-state index contributed by atoms with van der Waals surface area (Å²) in [5.74, 6) is -0.168. The number of rotatable bonds is 3. The van der Waals surface area contributed by atoms with Gasteiger partial charge < -0.3 is 20.7 Å². The summed E-state index contributed by atoms with van der Waals surface area (Å²) in [5.41, 5.74) is 5.81. The summed E-state index contributed by atoms with van der Waals surface area (Å²) in [6.45, 7) is 2.50. The number of aromatic nitrogens is 3. The molecule has 1 amide bonds. The number of fused-ring (bicyclic) bond motifs is 1. The molecule has 1 aliphatic heterocycles. The number of imidazole rings is 1. The van der Waals surface area contributed by atoms with Crippen LogP contribution in [-0.4, -0.2) is 38.0 Å². The van der Waals surface area contributed by atoms with E-state index >= 15 is 0 Å². The number of amides is 1. The highest BCUT2D eigenvalue weighted by atomic mass is 16.6. The fourth-order valence-corrected chi connectivity index (χ4v) is 2.79. The molecule has 2 atom stereocenters. The predicted octanol–water partition coefficient (Wildman–Crippen LogP) is 0.728. The van der Waals surface area contributed by atoms with E-state index in [9.17, 15) is 14.9 Å². The molecule has 0 bridgehead atoms. The molecule has 0 aromatic carbocycles. The molecule has 2 aromatic heterocycles. The van der Waals surface area contributed by atoms with Crippen LogP contribution in [0.25, 0.3) is 5.65 Å². The highest BCUT2D eigenvalue weighted by Gasteiger charge is 2.30. The molecular formula is C13H16N6O3. The molecule has 2 N–H and O–H groups in total. The van der Waals surface area contributed by atoms with E-state index in [1.807, 2.05) is 11.8 Å². The van der Waals surface area contributed by atoms with E-state index in [0.717, 1.165) is 12.8 Å². The maximum absolute atomic E-state index is 11.4. The van der Waals surface area contributed by atoms with Crippen molar-refractivity contribution in [2.45, 2.75) is 25.8 Å². The molecule has 3 rings (SSSR count). The first-order valence-electron chi connectivity index (χ1n) is 7.02. The second-order valence-corrected chi connectivity index (χ2v) is 5.51. The molecule has 0 spiro atoms. The van der Waals surface area contributed by atoms with Gasteiger partial charge in [0.2, 0.25) is 11.6 Å². The second kappa shape index (κ2) is 5.24. The summed E-state index contributed by atoms with van der Waals surface area (Å²) in [5, 5.41) is 15.3. The summed E-state index contributed by atoms with van der Waals surface area (Å²) >= 11 is 0. The Balaban J connectivity index is 1.99.